The average Bonchev–Trinajstić information content (AvgIpc) is 2.14. The van der Waals surface area contributed by atoms with Gasteiger partial charge in [-0.1, -0.05) is 6.58 Å². The molecule has 55 valence electrons. The number of rotatable bonds is 1. The Balaban J connectivity index is 0.000001000. The fourth-order valence-electron chi connectivity index (χ4n) is 1.08. The van der Waals surface area contributed by atoms with E-state index in [1.807, 2.05) is 0 Å². The monoisotopic (exact) mass is 163 g/mol. The van der Waals surface area contributed by atoms with Gasteiger partial charge in [-0.3, -0.25) is 9.59 Å². The summed E-state index contributed by atoms with van der Waals surface area (Å²) < 4.78 is 0. The zero-order valence-electron chi connectivity index (χ0n) is 6.46. The number of aliphatic carboxylic acids is 1. The molecule has 0 saturated heterocycles. The quantitative estimate of drug-likeness (QED) is 0.444. The second-order valence-corrected chi connectivity index (χ2v) is 2.38. The van der Waals surface area contributed by atoms with Crippen molar-refractivity contribution in [3.8, 4) is 0 Å². The summed E-state index contributed by atoms with van der Waals surface area (Å²) in [6, 6.07) is 0. The molecular weight excluding hydrogens is 155 g/mol. The first-order valence-corrected chi connectivity index (χ1v) is 3.07. The zero-order chi connectivity index (χ0) is 7.72. The summed E-state index contributed by atoms with van der Waals surface area (Å²) in [5, 5.41) is 8.49. The minimum absolute atomic E-state index is 0. The molecule has 0 spiro atoms. The van der Waals surface area contributed by atoms with Gasteiger partial charge < -0.3 is 5.11 Å². The van der Waals surface area contributed by atoms with Crippen LogP contribution in [0.15, 0.2) is 12.2 Å². The third kappa shape index (κ3) is 2.15. The molecular formula is C7H8NaO3. The largest absolute Gasteiger partial charge is 0.481 e. The van der Waals surface area contributed by atoms with E-state index in [4.69, 9.17) is 5.11 Å². The topological polar surface area (TPSA) is 54.4 Å². The van der Waals surface area contributed by atoms with Crippen molar-refractivity contribution >= 4 is 41.3 Å². The number of hydrogen-bond donors (Lipinski definition) is 1. The van der Waals surface area contributed by atoms with E-state index in [1.54, 1.807) is 0 Å². The first-order valence-electron chi connectivity index (χ1n) is 3.07. The van der Waals surface area contributed by atoms with Gasteiger partial charge in [0.15, 0.2) is 5.78 Å². The van der Waals surface area contributed by atoms with Crippen LogP contribution in [0.1, 0.15) is 12.8 Å². The molecule has 3 nitrogen and oxygen atoms in total. The average molecular weight is 163 g/mol. The second-order valence-electron chi connectivity index (χ2n) is 2.38. The van der Waals surface area contributed by atoms with Crippen molar-refractivity contribution in [2.45, 2.75) is 12.8 Å². The minimum Gasteiger partial charge on any atom is -0.481 e. The van der Waals surface area contributed by atoms with Crippen molar-refractivity contribution in [1.82, 2.24) is 0 Å². The van der Waals surface area contributed by atoms with Crippen LogP contribution in [0.3, 0.4) is 0 Å². The molecule has 1 N–H and O–H groups in total. The van der Waals surface area contributed by atoms with E-state index in [9.17, 15) is 9.59 Å². The van der Waals surface area contributed by atoms with E-state index in [0.717, 1.165) is 0 Å². The van der Waals surface area contributed by atoms with Gasteiger partial charge in [-0.15, -0.1) is 0 Å². The van der Waals surface area contributed by atoms with Crippen molar-refractivity contribution in [1.29, 1.82) is 0 Å². The van der Waals surface area contributed by atoms with Gasteiger partial charge in [0.05, 0.1) is 5.92 Å². The molecule has 1 unspecified atom stereocenters. The van der Waals surface area contributed by atoms with Gasteiger partial charge in [-0.05, 0) is 6.42 Å². The SMILES string of the molecule is C=C1C(=O)CCC1C(=O)O.[Na]. The number of carbonyl (C=O) groups is 2. The van der Waals surface area contributed by atoms with Crippen molar-refractivity contribution in [3.63, 3.8) is 0 Å². The fourth-order valence-corrected chi connectivity index (χ4v) is 1.08. The number of carboxylic acid groups (broad SMARTS) is 1. The molecule has 0 aromatic heterocycles. The second kappa shape index (κ2) is 4.04. The number of hydrogen-bond acceptors (Lipinski definition) is 2. The van der Waals surface area contributed by atoms with Gasteiger partial charge in [-0.2, -0.15) is 0 Å². The maximum absolute atomic E-state index is 10.7. The Morgan fingerprint density at radius 1 is 1.64 bits per heavy atom. The molecule has 4 heteroatoms. The third-order valence-electron chi connectivity index (χ3n) is 1.74. The Kier molecular flexibility index (Phi) is 4.00. The van der Waals surface area contributed by atoms with E-state index < -0.39 is 11.9 Å². The van der Waals surface area contributed by atoms with Crippen molar-refractivity contribution in [3.05, 3.63) is 12.2 Å². The number of ketones is 1. The van der Waals surface area contributed by atoms with Crippen LogP contribution in [0.4, 0.5) is 0 Å². The van der Waals surface area contributed by atoms with E-state index in [1.165, 1.54) is 0 Å². The molecule has 0 amide bonds. The Bertz CT molecular complexity index is 210. The van der Waals surface area contributed by atoms with Crippen LogP contribution in [0.25, 0.3) is 0 Å². The molecule has 1 rings (SSSR count). The number of Topliss-reactive ketones (excluding diaryl/α,β-unsaturated/α-hetero) is 1. The van der Waals surface area contributed by atoms with Crippen LogP contribution in [0, 0.1) is 5.92 Å². The van der Waals surface area contributed by atoms with Crippen molar-refractivity contribution in [2.24, 2.45) is 5.92 Å². The van der Waals surface area contributed by atoms with Gasteiger partial charge >= 0.3 is 5.97 Å². The summed E-state index contributed by atoms with van der Waals surface area (Å²) in [7, 11) is 0. The molecule has 1 fully saturated rings. The van der Waals surface area contributed by atoms with E-state index in [-0.39, 0.29) is 40.9 Å². The number of carbonyl (C=O) groups excluding carboxylic acids is 1. The van der Waals surface area contributed by atoms with Crippen molar-refractivity contribution in [2.75, 3.05) is 0 Å². The Morgan fingerprint density at radius 3 is 2.36 bits per heavy atom. The van der Waals surface area contributed by atoms with Crippen LogP contribution in [-0.2, 0) is 9.59 Å². The maximum atomic E-state index is 10.7. The van der Waals surface area contributed by atoms with Crippen LogP contribution in [0.5, 0.6) is 0 Å². The predicted octanol–water partition coefficient (Wildman–Crippen LogP) is 0.225. The Hall–Kier alpha value is -0.120. The van der Waals surface area contributed by atoms with E-state index in [0.29, 0.717) is 12.8 Å². The van der Waals surface area contributed by atoms with Gasteiger partial charge in [0.25, 0.3) is 0 Å². The van der Waals surface area contributed by atoms with Crippen LogP contribution in [0.2, 0.25) is 0 Å². The van der Waals surface area contributed by atoms with Crippen molar-refractivity contribution < 1.29 is 14.7 Å². The summed E-state index contributed by atoms with van der Waals surface area (Å²) in [5.74, 6) is -1.66. The summed E-state index contributed by atoms with van der Waals surface area (Å²) in [6.45, 7) is 3.41. The van der Waals surface area contributed by atoms with Gasteiger partial charge in [0.2, 0.25) is 0 Å². The zero-order valence-corrected chi connectivity index (χ0v) is 8.46. The predicted molar refractivity (Wildman–Crippen MR) is 40.3 cm³/mol. The molecule has 1 saturated carbocycles. The summed E-state index contributed by atoms with van der Waals surface area (Å²) in [5.41, 5.74) is 0.257. The van der Waals surface area contributed by atoms with Gasteiger partial charge in [0, 0.05) is 41.6 Å². The van der Waals surface area contributed by atoms with E-state index >= 15 is 0 Å². The first-order chi connectivity index (χ1) is 4.63. The van der Waals surface area contributed by atoms with Crippen LogP contribution in [-0.4, -0.2) is 46.4 Å². The van der Waals surface area contributed by atoms with E-state index in [2.05, 4.69) is 6.58 Å². The molecule has 11 heavy (non-hydrogen) atoms. The molecule has 0 bridgehead atoms. The molecule has 1 atom stereocenters. The van der Waals surface area contributed by atoms with Crippen LogP contribution < -0.4 is 0 Å². The molecule has 0 aromatic rings. The normalized spacial score (nSPS) is 23.1. The third-order valence-corrected chi connectivity index (χ3v) is 1.74. The van der Waals surface area contributed by atoms with Gasteiger partial charge in [-0.25, -0.2) is 0 Å². The van der Waals surface area contributed by atoms with Gasteiger partial charge in [0.1, 0.15) is 0 Å². The molecule has 1 aliphatic carbocycles. The molecule has 1 radical (unpaired) electrons. The van der Waals surface area contributed by atoms with Crippen LogP contribution >= 0.6 is 0 Å². The molecule has 1 aliphatic rings. The maximum Gasteiger partial charge on any atom is 0.311 e. The smallest absolute Gasteiger partial charge is 0.311 e. The Labute approximate surface area is 86.8 Å². The molecule has 0 aliphatic heterocycles. The first kappa shape index (κ1) is 10.9. The number of carboxylic acids is 1. The standard InChI is InChI=1S/C7H8O3.Na/c1-4-5(7(9)10)2-3-6(4)8;/h5H,1-3H2,(H,9,10);. The summed E-state index contributed by atoms with van der Waals surface area (Å²) in [4.78, 5) is 21.1. The summed E-state index contributed by atoms with van der Waals surface area (Å²) in [6.07, 6.45) is 0.767. The summed E-state index contributed by atoms with van der Waals surface area (Å²) >= 11 is 0. The minimum atomic E-state index is -0.934. The fraction of sp³-hybridized carbons (Fsp3) is 0.429. The molecule has 0 heterocycles. The molecule has 0 aromatic carbocycles. The Morgan fingerprint density at radius 2 is 2.18 bits per heavy atom.